The van der Waals surface area contributed by atoms with Gasteiger partial charge in [0.25, 0.3) is 0 Å². The Labute approximate surface area is 96.9 Å². The number of allylic oxidation sites excluding steroid dienone is 2. The summed E-state index contributed by atoms with van der Waals surface area (Å²) in [5, 5.41) is 0. The summed E-state index contributed by atoms with van der Waals surface area (Å²) < 4.78 is 5.17. The maximum absolute atomic E-state index is 10.6. The summed E-state index contributed by atoms with van der Waals surface area (Å²) >= 11 is 0. The molecule has 0 unspecified atom stereocenters. The molecule has 0 spiro atoms. The molecule has 0 aliphatic heterocycles. The summed E-state index contributed by atoms with van der Waals surface area (Å²) in [5.74, 6) is 0.825. The van der Waals surface area contributed by atoms with Crippen LogP contribution in [-0.4, -0.2) is 13.4 Å². The first-order valence-corrected chi connectivity index (χ1v) is 5.60. The monoisotopic (exact) mass is 218 g/mol. The highest BCUT2D eigenvalue weighted by Crippen LogP contribution is 2.23. The predicted molar refractivity (Wildman–Crippen MR) is 66.6 cm³/mol. The van der Waals surface area contributed by atoms with Gasteiger partial charge in [0.05, 0.1) is 7.11 Å². The molecule has 16 heavy (non-hydrogen) atoms. The predicted octanol–water partition coefficient (Wildman–Crippen LogP) is 3.47. The lowest BCUT2D eigenvalue weighted by molar-refractivity contribution is -0.104. The van der Waals surface area contributed by atoms with E-state index >= 15 is 0 Å². The third-order valence-electron chi connectivity index (χ3n) is 2.51. The molecule has 2 nitrogen and oxygen atoms in total. The molecule has 0 aliphatic carbocycles. The first kappa shape index (κ1) is 12.5. The van der Waals surface area contributed by atoms with Crippen molar-refractivity contribution < 1.29 is 9.53 Å². The van der Waals surface area contributed by atoms with Crippen LogP contribution in [0.1, 0.15) is 31.7 Å². The van der Waals surface area contributed by atoms with E-state index in [0.717, 1.165) is 42.4 Å². The van der Waals surface area contributed by atoms with Crippen LogP contribution in [0, 0.1) is 0 Å². The molecule has 0 heterocycles. The second-order valence-corrected chi connectivity index (χ2v) is 3.66. The Balaban J connectivity index is 2.91. The molecule has 0 radical (unpaired) electrons. The first-order chi connectivity index (χ1) is 7.81. The second-order valence-electron chi connectivity index (χ2n) is 3.66. The highest BCUT2D eigenvalue weighted by atomic mass is 16.5. The van der Waals surface area contributed by atoms with E-state index < -0.39 is 0 Å². The normalized spacial score (nSPS) is 11.2. The zero-order valence-electron chi connectivity index (χ0n) is 9.90. The molecule has 0 aromatic heterocycles. The van der Waals surface area contributed by atoms with E-state index in [2.05, 4.69) is 6.92 Å². The molecule has 0 amide bonds. The third kappa shape index (κ3) is 3.54. The molecular formula is C14H18O2. The fraction of sp³-hybridized carbons (Fsp3) is 0.357. The van der Waals surface area contributed by atoms with Crippen LogP contribution in [-0.2, 0) is 4.79 Å². The number of carbonyl (C=O) groups is 1. The van der Waals surface area contributed by atoms with Crippen LogP contribution in [0.5, 0.6) is 5.75 Å². The third-order valence-corrected chi connectivity index (χ3v) is 2.51. The van der Waals surface area contributed by atoms with Crippen LogP contribution in [0.4, 0.5) is 0 Å². The van der Waals surface area contributed by atoms with Gasteiger partial charge in [-0.25, -0.2) is 0 Å². The van der Waals surface area contributed by atoms with Gasteiger partial charge in [-0.05, 0) is 42.2 Å². The summed E-state index contributed by atoms with van der Waals surface area (Å²) in [5.41, 5.74) is 2.15. The van der Waals surface area contributed by atoms with E-state index in [0.29, 0.717) is 0 Å². The zero-order valence-corrected chi connectivity index (χ0v) is 9.90. The van der Waals surface area contributed by atoms with Crippen molar-refractivity contribution in [2.24, 2.45) is 0 Å². The summed E-state index contributed by atoms with van der Waals surface area (Å²) in [4.78, 5) is 10.6. The van der Waals surface area contributed by atoms with Crippen LogP contribution in [0.2, 0.25) is 0 Å². The SMILES string of the molecule is CCCC/C(=C\C=O)c1cccc(OC)c1. The van der Waals surface area contributed by atoms with Crippen LogP contribution < -0.4 is 4.74 Å². The molecule has 0 saturated heterocycles. The molecule has 0 N–H and O–H groups in total. The molecule has 0 bridgehead atoms. The van der Waals surface area contributed by atoms with E-state index in [4.69, 9.17) is 4.74 Å². The van der Waals surface area contributed by atoms with Crippen LogP contribution in [0.3, 0.4) is 0 Å². The Morgan fingerprint density at radius 3 is 2.88 bits per heavy atom. The highest BCUT2D eigenvalue weighted by molar-refractivity contribution is 5.81. The maximum atomic E-state index is 10.6. The number of hydrogen-bond donors (Lipinski definition) is 0. The number of carbonyl (C=O) groups excluding carboxylic acids is 1. The van der Waals surface area contributed by atoms with Gasteiger partial charge >= 0.3 is 0 Å². The van der Waals surface area contributed by atoms with E-state index in [1.807, 2.05) is 24.3 Å². The molecule has 1 rings (SSSR count). The van der Waals surface area contributed by atoms with Crippen molar-refractivity contribution in [3.8, 4) is 5.75 Å². The minimum Gasteiger partial charge on any atom is -0.497 e. The molecule has 0 saturated carbocycles. The summed E-state index contributed by atoms with van der Waals surface area (Å²) in [7, 11) is 1.65. The van der Waals surface area contributed by atoms with Crippen molar-refractivity contribution in [2.75, 3.05) is 7.11 Å². The molecule has 2 heteroatoms. The largest absolute Gasteiger partial charge is 0.497 e. The Bertz CT molecular complexity index is 367. The molecule has 0 aliphatic rings. The van der Waals surface area contributed by atoms with Crippen LogP contribution in [0.15, 0.2) is 30.3 Å². The van der Waals surface area contributed by atoms with Gasteiger partial charge in [0, 0.05) is 0 Å². The molecular weight excluding hydrogens is 200 g/mol. The molecule has 86 valence electrons. The van der Waals surface area contributed by atoms with Crippen LogP contribution >= 0.6 is 0 Å². The van der Waals surface area contributed by atoms with E-state index in [1.165, 1.54) is 0 Å². The van der Waals surface area contributed by atoms with Gasteiger partial charge < -0.3 is 4.74 Å². The van der Waals surface area contributed by atoms with Gasteiger partial charge in [0.1, 0.15) is 12.0 Å². The van der Waals surface area contributed by atoms with Crippen molar-refractivity contribution in [2.45, 2.75) is 26.2 Å². The average molecular weight is 218 g/mol. The van der Waals surface area contributed by atoms with Crippen molar-refractivity contribution in [1.29, 1.82) is 0 Å². The minimum absolute atomic E-state index is 0.825. The molecule has 0 fully saturated rings. The van der Waals surface area contributed by atoms with E-state index in [-0.39, 0.29) is 0 Å². The Kier molecular flexibility index (Phi) is 5.34. The Hall–Kier alpha value is -1.57. The van der Waals surface area contributed by atoms with Gasteiger partial charge in [0.2, 0.25) is 0 Å². The Morgan fingerprint density at radius 1 is 1.44 bits per heavy atom. The lowest BCUT2D eigenvalue weighted by Crippen LogP contribution is -1.89. The maximum Gasteiger partial charge on any atom is 0.143 e. The standard InChI is InChI=1S/C14H18O2/c1-3-4-6-12(9-10-15)13-7-5-8-14(11-13)16-2/h5,7-11H,3-4,6H2,1-2H3/b12-9+. The molecule has 0 atom stereocenters. The topological polar surface area (TPSA) is 26.3 Å². The van der Waals surface area contributed by atoms with Crippen molar-refractivity contribution in [3.63, 3.8) is 0 Å². The average Bonchev–Trinajstić information content (AvgIpc) is 2.34. The highest BCUT2D eigenvalue weighted by Gasteiger charge is 2.02. The van der Waals surface area contributed by atoms with Gasteiger partial charge in [-0.3, -0.25) is 4.79 Å². The number of unbranched alkanes of at least 4 members (excludes halogenated alkanes) is 1. The van der Waals surface area contributed by atoms with E-state index in [9.17, 15) is 4.79 Å². The Morgan fingerprint density at radius 2 is 2.25 bits per heavy atom. The quantitative estimate of drug-likeness (QED) is 0.540. The van der Waals surface area contributed by atoms with Crippen molar-refractivity contribution >= 4 is 11.9 Å². The summed E-state index contributed by atoms with van der Waals surface area (Å²) in [6, 6.07) is 7.82. The molecule has 1 aromatic carbocycles. The van der Waals surface area contributed by atoms with Gasteiger partial charge in [-0.2, -0.15) is 0 Å². The van der Waals surface area contributed by atoms with Crippen molar-refractivity contribution in [3.05, 3.63) is 35.9 Å². The zero-order chi connectivity index (χ0) is 11.8. The number of benzene rings is 1. The van der Waals surface area contributed by atoms with Crippen LogP contribution in [0.25, 0.3) is 5.57 Å². The number of rotatable bonds is 6. The lowest BCUT2D eigenvalue weighted by Gasteiger charge is -2.08. The smallest absolute Gasteiger partial charge is 0.143 e. The van der Waals surface area contributed by atoms with E-state index in [1.54, 1.807) is 13.2 Å². The second kappa shape index (κ2) is 6.83. The number of hydrogen-bond acceptors (Lipinski definition) is 2. The summed E-state index contributed by atoms with van der Waals surface area (Å²) in [6.45, 7) is 2.14. The van der Waals surface area contributed by atoms with Gasteiger partial charge in [-0.1, -0.05) is 25.5 Å². The van der Waals surface area contributed by atoms with Gasteiger partial charge in [-0.15, -0.1) is 0 Å². The lowest BCUT2D eigenvalue weighted by atomic mass is 10.00. The number of methoxy groups -OCH3 is 1. The van der Waals surface area contributed by atoms with Crippen molar-refractivity contribution in [1.82, 2.24) is 0 Å². The summed E-state index contributed by atoms with van der Waals surface area (Å²) in [6.07, 6.45) is 5.65. The van der Waals surface area contributed by atoms with Gasteiger partial charge in [0.15, 0.2) is 0 Å². The fourth-order valence-electron chi connectivity index (χ4n) is 1.60. The molecule has 1 aromatic rings. The fourth-order valence-corrected chi connectivity index (χ4v) is 1.60. The minimum atomic E-state index is 0.825. The number of ether oxygens (including phenoxy) is 1. The number of aldehydes is 1. The first-order valence-electron chi connectivity index (χ1n) is 5.60.